The van der Waals surface area contributed by atoms with Gasteiger partial charge in [-0.3, -0.25) is 0 Å². The molecule has 14 heavy (non-hydrogen) atoms. The third kappa shape index (κ3) is 2.91. The van der Waals surface area contributed by atoms with Gasteiger partial charge >= 0.3 is 0 Å². The van der Waals surface area contributed by atoms with Crippen molar-refractivity contribution in [1.29, 1.82) is 0 Å². The number of sulfonamides is 1. The minimum Gasteiger partial charge on any atom is -0.395 e. The van der Waals surface area contributed by atoms with Crippen LogP contribution in [-0.4, -0.2) is 56.0 Å². The normalized spacial score (nSPS) is 25.1. The Labute approximate surface area is 84.7 Å². The van der Waals surface area contributed by atoms with Crippen LogP contribution >= 0.6 is 0 Å². The molecule has 1 fully saturated rings. The first-order valence-electron chi connectivity index (χ1n) is 4.80. The molecule has 0 aromatic carbocycles. The van der Waals surface area contributed by atoms with Crippen molar-refractivity contribution >= 4 is 10.0 Å². The average Bonchev–Trinajstić information content (AvgIpc) is 2.18. The summed E-state index contributed by atoms with van der Waals surface area (Å²) in [5, 5.41) is 8.62. The highest BCUT2D eigenvalue weighted by molar-refractivity contribution is 7.89. The van der Waals surface area contributed by atoms with Crippen LogP contribution in [0.3, 0.4) is 0 Å². The van der Waals surface area contributed by atoms with Gasteiger partial charge in [0.15, 0.2) is 0 Å². The fourth-order valence-electron chi connectivity index (χ4n) is 1.44. The molecule has 6 heteroatoms. The van der Waals surface area contributed by atoms with E-state index < -0.39 is 10.0 Å². The predicted octanol–water partition coefficient (Wildman–Crippen LogP) is -0.581. The van der Waals surface area contributed by atoms with Crippen molar-refractivity contribution in [2.45, 2.75) is 19.4 Å². The quantitative estimate of drug-likeness (QED) is 0.692. The lowest BCUT2D eigenvalue weighted by Crippen LogP contribution is -2.46. The summed E-state index contributed by atoms with van der Waals surface area (Å²) < 4.78 is 29.9. The van der Waals surface area contributed by atoms with E-state index in [1.54, 1.807) is 0 Å². The molecule has 1 unspecified atom stereocenters. The fourth-order valence-corrected chi connectivity index (χ4v) is 2.67. The number of nitrogens with zero attached hydrogens (tertiary/aromatic N) is 1. The molecular formula is C8H17NO4S. The third-order valence-electron chi connectivity index (χ3n) is 2.30. The van der Waals surface area contributed by atoms with Gasteiger partial charge < -0.3 is 9.84 Å². The van der Waals surface area contributed by atoms with Crippen molar-refractivity contribution in [1.82, 2.24) is 4.31 Å². The van der Waals surface area contributed by atoms with Crippen LogP contribution < -0.4 is 0 Å². The van der Waals surface area contributed by atoms with Gasteiger partial charge in [0.25, 0.3) is 0 Å². The molecule has 5 nitrogen and oxygen atoms in total. The van der Waals surface area contributed by atoms with Crippen LogP contribution in [0.1, 0.15) is 13.3 Å². The summed E-state index contributed by atoms with van der Waals surface area (Å²) in [6.45, 7) is 2.91. The monoisotopic (exact) mass is 223 g/mol. The number of aliphatic hydroxyl groups excluding tert-OH is 1. The molecule has 0 amide bonds. The van der Waals surface area contributed by atoms with Crippen molar-refractivity contribution in [3.63, 3.8) is 0 Å². The Morgan fingerprint density at radius 2 is 2.29 bits per heavy atom. The van der Waals surface area contributed by atoms with Crippen molar-refractivity contribution in [2.75, 3.05) is 32.1 Å². The average molecular weight is 223 g/mol. The van der Waals surface area contributed by atoms with Crippen molar-refractivity contribution < 1.29 is 18.3 Å². The highest BCUT2D eigenvalue weighted by Crippen LogP contribution is 2.12. The minimum atomic E-state index is -3.27. The largest absolute Gasteiger partial charge is 0.395 e. The Kier molecular flexibility index (Phi) is 4.31. The molecule has 1 atom stereocenters. The van der Waals surface area contributed by atoms with Gasteiger partial charge in [-0.1, -0.05) is 6.92 Å². The molecule has 1 N–H and O–H groups in total. The first-order valence-corrected chi connectivity index (χ1v) is 6.41. The second-order valence-electron chi connectivity index (χ2n) is 3.30. The van der Waals surface area contributed by atoms with Gasteiger partial charge in [0.1, 0.15) is 0 Å². The van der Waals surface area contributed by atoms with Crippen LogP contribution in [0.2, 0.25) is 0 Å². The van der Waals surface area contributed by atoms with Gasteiger partial charge in [-0.25, -0.2) is 8.42 Å². The van der Waals surface area contributed by atoms with Crippen LogP contribution in [0.4, 0.5) is 0 Å². The summed E-state index contributed by atoms with van der Waals surface area (Å²) in [4.78, 5) is 0. The molecule has 1 heterocycles. The number of rotatable bonds is 4. The molecule has 0 aromatic heterocycles. The molecule has 1 saturated heterocycles. The SMILES string of the molecule is CCC1CN(S(=O)(=O)CCO)CCO1. The van der Waals surface area contributed by atoms with Crippen molar-refractivity contribution in [2.24, 2.45) is 0 Å². The van der Waals surface area contributed by atoms with Crippen LogP contribution in [-0.2, 0) is 14.8 Å². The van der Waals surface area contributed by atoms with Gasteiger partial charge in [-0.05, 0) is 6.42 Å². The Morgan fingerprint density at radius 3 is 2.86 bits per heavy atom. The van der Waals surface area contributed by atoms with Gasteiger partial charge in [-0.2, -0.15) is 4.31 Å². The lowest BCUT2D eigenvalue weighted by Gasteiger charge is -2.31. The molecule has 0 aromatic rings. The number of ether oxygens (including phenoxy) is 1. The third-order valence-corrected chi connectivity index (χ3v) is 4.12. The van der Waals surface area contributed by atoms with Gasteiger partial charge in [0.05, 0.1) is 25.1 Å². The highest BCUT2D eigenvalue weighted by Gasteiger charge is 2.27. The molecule has 1 rings (SSSR count). The Hall–Kier alpha value is -0.170. The molecule has 84 valence electrons. The molecular weight excluding hydrogens is 206 g/mol. The summed E-state index contributed by atoms with van der Waals surface area (Å²) in [6, 6.07) is 0. The lowest BCUT2D eigenvalue weighted by atomic mass is 10.2. The molecule has 1 aliphatic heterocycles. The van der Waals surface area contributed by atoms with E-state index in [4.69, 9.17) is 9.84 Å². The summed E-state index contributed by atoms with van der Waals surface area (Å²) >= 11 is 0. The minimum absolute atomic E-state index is 0.00258. The van der Waals surface area contributed by atoms with E-state index in [1.807, 2.05) is 6.92 Å². The lowest BCUT2D eigenvalue weighted by molar-refractivity contribution is -0.00286. The van der Waals surface area contributed by atoms with Gasteiger partial charge in [-0.15, -0.1) is 0 Å². The second-order valence-corrected chi connectivity index (χ2v) is 5.39. The molecule has 1 aliphatic rings. The number of hydrogen-bond donors (Lipinski definition) is 1. The summed E-state index contributed by atoms with van der Waals surface area (Å²) in [5.74, 6) is -0.191. The second kappa shape index (κ2) is 5.06. The number of hydrogen-bond acceptors (Lipinski definition) is 4. The number of aliphatic hydroxyl groups is 1. The maximum atomic E-state index is 11.6. The van der Waals surface area contributed by atoms with E-state index in [9.17, 15) is 8.42 Å². The summed E-state index contributed by atoms with van der Waals surface area (Å²) in [6.07, 6.45) is 0.808. The van der Waals surface area contributed by atoms with E-state index in [0.29, 0.717) is 19.7 Å². The van der Waals surface area contributed by atoms with E-state index in [0.717, 1.165) is 6.42 Å². The van der Waals surface area contributed by atoms with E-state index in [2.05, 4.69) is 0 Å². The smallest absolute Gasteiger partial charge is 0.216 e. The van der Waals surface area contributed by atoms with Crippen LogP contribution in [0.25, 0.3) is 0 Å². The number of morpholine rings is 1. The fraction of sp³-hybridized carbons (Fsp3) is 1.00. The topological polar surface area (TPSA) is 66.8 Å². The molecule has 0 bridgehead atoms. The zero-order chi connectivity index (χ0) is 10.6. The maximum Gasteiger partial charge on any atom is 0.216 e. The van der Waals surface area contributed by atoms with Gasteiger partial charge in [0, 0.05) is 13.1 Å². The Balaban J connectivity index is 2.59. The van der Waals surface area contributed by atoms with Gasteiger partial charge in [0.2, 0.25) is 10.0 Å². The molecule has 0 radical (unpaired) electrons. The Morgan fingerprint density at radius 1 is 1.57 bits per heavy atom. The van der Waals surface area contributed by atoms with Crippen LogP contribution in [0.15, 0.2) is 0 Å². The molecule has 0 spiro atoms. The first kappa shape index (κ1) is 11.9. The highest BCUT2D eigenvalue weighted by atomic mass is 32.2. The summed E-state index contributed by atoms with van der Waals surface area (Å²) in [7, 11) is -3.27. The zero-order valence-electron chi connectivity index (χ0n) is 8.35. The van der Waals surface area contributed by atoms with Crippen molar-refractivity contribution in [3.05, 3.63) is 0 Å². The van der Waals surface area contributed by atoms with E-state index in [-0.39, 0.29) is 18.5 Å². The van der Waals surface area contributed by atoms with E-state index in [1.165, 1.54) is 4.31 Å². The van der Waals surface area contributed by atoms with Crippen molar-refractivity contribution in [3.8, 4) is 0 Å². The summed E-state index contributed by atoms with van der Waals surface area (Å²) in [5.41, 5.74) is 0. The molecule has 0 aliphatic carbocycles. The maximum absolute atomic E-state index is 11.6. The van der Waals surface area contributed by atoms with E-state index >= 15 is 0 Å². The zero-order valence-corrected chi connectivity index (χ0v) is 9.16. The standard InChI is InChI=1S/C8H17NO4S/c1-2-8-7-9(3-5-13-8)14(11,12)6-4-10/h8,10H,2-7H2,1H3. The predicted molar refractivity (Wildman–Crippen MR) is 52.5 cm³/mol. The van der Waals surface area contributed by atoms with Crippen LogP contribution in [0.5, 0.6) is 0 Å². The van der Waals surface area contributed by atoms with Crippen LogP contribution in [0, 0.1) is 0 Å². The Bertz CT molecular complexity index is 265. The first-order chi connectivity index (χ1) is 6.60. The molecule has 0 saturated carbocycles.